The highest BCUT2D eigenvalue weighted by atomic mass is 35.6. The number of aromatic amines is 1. The van der Waals surface area contributed by atoms with Crippen LogP contribution in [0.2, 0.25) is 0 Å². The first-order valence-corrected chi connectivity index (χ1v) is 13.4. The van der Waals surface area contributed by atoms with Gasteiger partial charge in [-0.1, -0.05) is 71.2 Å². The molecule has 202 valence electrons. The van der Waals surface area contributed by atoms with Crippen molar-refractivity contribution in [2.45, 2.75) is 47.2 Å². The van der Waals surface area contributed by atoms with Gasteiger partial charge in [-0.05, 0) is 65.9 Å². The van der Waals surface area contributed by atoms with Crippen molar-refractivity contribution in [3.8, 4) is 0 Å². The van der Waals surface area contributed by atoms with E-state index in [-0.39, 0.29) is 12.8 Å². The summed E-state index contributed by atoms with van der Waals surface area (Å²) in [5.74, 6) is -1.72. The second kappa shape index (κ2) is 10.8. The van der Waals surface area contributed by atoms with Gasteiger partial charge in [0.25, 0.3) is 0 Å². The number of H-pyrrole nitrogens is 1. The van der Waals surface area contributed by atoms with Crippen molar-refractivity contribution >= 4 is 57.9 Å². The zero-order chi connectivity index (χ0) is 27.7. The molecule has 2 aliphatic carbocycles. The molecule has 0 bridgehead atoms. The minimum Gasteiger partial charge on any atom is -0.469 e. The molecule has 1 aromatic carbocycles. The SMILES string of the molecule is C/C=C1\CC(CC(=O)OC)(C(C(Cl)(Cl)Cl)C2(CC(=O)OC)C/C(=C\C=C/N)c3ccccc32)c2cc[nH]c21. The van der Waals surface area contributed by atoms with E-state index in [1.54, 1.807) is 6.08 Å². The van der Waals surface area contributed by atoms with Crippen LogP contribution in [0.1, 0.15) is 55.0 Å². The summed E-state index contributed by atoms with van der Waals surface area (Å²) in [6, 6.07) is 9.71. The predicted molar refractivity (Wildman–Crippen MR) is 152 cm³/mol. The van der Waals surface area contributed by atoms with E-state index in [4.69, 9.17) is 50.0 Å². The molecule has 1 heterocycles. The summed E-state index contributed by atoms with van der Waals surface area (Å²) in [4.78, 5) is 29.5. The molecule has 3 unspecified atom stereocenters. The zero-order valence-corrected chi connectivity index (χ0v) is 23.8. The third kappa shape index (κ3) is 4.67. The van der Waals surface area contributed by atoms with Gasteiger partial charge in [-0.25, -0.2) is 0 Å². The topological polar surface area (TPSA) is 94.4 Å². The Morgan fingerprint density at radius 1 is 1.03 bits per heavy atom. The van der Waals surface area contributed by atoms with Crippen LogP contribution in [0.4, 0.5) is 0 Å². The van der Waals surface area contributed by atoms with Crippen LogP contribution in [0.25, 0.3) is 11.1 Å². The zero-order valence-electron chi connectivity index (χ0n) is 21.5. The lowest BCUT2D eigenvalue weighted by molar-refractivity contribution is -0.144. The lowest BCUT2D eigenvalue weighted by atomic mass is 9.55. The van der Waals surface area contributed by atoms with E-state index >= 15 is 0 Å². The largest absolute Gasteiger partial charge is 0.469 e. The Bertz CT molecular complexity index is 1320. The summed E-state index contributed by atoms with van der Waals surface area (Å²) in [6.45, 7) is 1.94. The molecule has 0 radical (unpaired) electrons. The Balaban J connectivity index is 2.10. The number of carbonyl (C=O) groups excluding carboxylic acids is 2. The fourth-order valence-electron chi connectivity index (χ4n) is 6.72. The molecule has 0 amide bonds. The predicted octanol–water partition coefficient (Wildman–Crippen LogP) is 6.37. The van der Waals surface area contributed by atoms with Gasteiger partial charge >= 0.3 is 11.9 Å². The summed E-state index contributed by atoms with van der Waals surface area (Å²) in [7, 11) is 2.69. The summed E-state index contributed by atoms with van der Waals surface area (Å²) < 4.78 is 8.48. The normalized spacial score (nSPS) is 25.5. The van der Waals surface area contributed by atoms with Crippen LogP contribution in [0.15, 0.2) is 61.0 Å². The van der Waals surface area contributed by atoms with Crippen LogP contribution in [-0.2, 0) is 29.9 Å². The summed E-state index contributed by atoms with van der Waals surface area (Å²) in [6.07, 6.45) is 9.61. The van der Waals surface area contributed by atoms with E-state index in [2.05, 4.69) is 4.98 Å². The maximum atomic E-state index is 13.1. The van der Waals surface area contributed by atoms with Gasteiger partial charge in [-0.15, -0.1) is 0 Å². The number of methoxy groups -OCH3 is 2. The fraction of sp³-hybridized carbons (Fsp3) is 0.379. The van der Waals surface area contributed by atoms with Gasteiger partial charge in [0.15, 0.2) is 3.79 Å². The summed E-state index contributed by atoms with van der Waals surface area (Å²) in [5.41, 5.74) is 9.09. The Kier molecular flexibility index (Phi) is 8.08. The number of aromatic nitrogens is 1. The number of rotatable bonds is 7. The van der Waals surface area contributed by atoms with Gasteiger partial charge in [-0.2, -0.15) is 0 Å². The van der Waals surface area contributed by atoms with Crippen molar-refractivity contribution in [3.05, 3.63) is 83.3 Å². The third-order valence-corrected chi connectivity index (χ3v) is 8.64. The lowest BCUT2D eigenvalue weighted by Crippen LogP contribution is -2.54. The van der Waals surface area contributed by atoms with Crippen LogP contribution >= 0.6 is 34.8 Å². The maximum Gasteiger partial charge on any atom is 0.306 e. The molecule has 4 rings (SSSR count). The number of allylic oxidation sites excluding steroid dienone is 5. The quantitative estimate of drug-likeness (QED) is 0.295. The van der Waals surface area contributed by atoms with E-state index in [9.17, 15) is 9.59 Å². The second-order valence-corrected chi connectivity index (χ2v) is 12.2. The Morgan fingerprint density at radius 3 is 2.21 bits per heavy atom. The van der Waals surface area contributed by atoms with Gasteiger partial charge in [0.05, 0.1) is 27.1 Å². The van der Waals surface area contributed by atoms with Crippen LogP contribution in [0, 0.1) is 5.92 Å². The third-order valence-electron chi connectivity index (χ3n) is 7.99. The smallest absolute Gasteiger partial charge is 0.306 e. The molecule has 0 spiro atoms. The molecule has 3 N–H and O–H groups in total. The molecule has 0 saturated carbocycles. The van der Waals surface area contributed by atoms with Gasteiger partial charge in [0.2, 0.25) is 0 Å². The molecular formula is C29H31Cl3N2O4. The number of hydrogen-bond donors (Lipinski definition) is 2. The number of hydrogen-bond acceptors (Lipinski definition) is 5. The fourth-order valence-corrected chi connectivity index (χ4v) is 7.97. The van der Waals surface area contributed by atoms with Crippen LogP contribution in [0.5, 0.6) is 0 Å². The van der Waals surface area contributed by atoms with E-state index in [1.165, 1.54) is 20.4 Å². The van der Waals surface area contributed by atoms with Crippen LogP contribution in [0.3, 0.4) is 0 Å². The number of esters is 2. The minimum atomic E-state index is -1.90. The Morgan fingerprint density at radius 2 is 1.63 bits per heavy atom. The van der Waals surface area contributed by atoms with Gasteiger partial charge in [0.1, 0.15) is 0 Å². The van der Waals surface area contributed by atoms with E-state index in [0.717, 1.165) is 33.5 Å². The van der Waals surface area contributed by atoms with Crippen molar-refractivity contribution in [1.82, 2.24) is 4.98 Å². The summed E-state index contributed by atoms with van der Waals surface area (Å²) >= 11 is 20.9. The molecule has 2 aliphatic rings. The van der Waals surface area contributed by atoms with Crippen molar-refractivity contribution in [3.63, 3.8) is 0 Å². The molecule has 0 fully saturated rings. The average Bonchev–Trinajstić information content (AvgIpc) is 3.56. The molecule has 1 aromatic heterocycles. The number of ether oxygens (including phenoxy) is 2. The number of benzene rings is 1. The molecule has 2 aromatic rings. The van der Waals surface area contributed by atoms with Crippen molar-refractivity contribution in [2.75, 3.05) is 14.2 Å². The van der Waals surface area contributed by atoms with Crippen molar-refractivity contribution in [1.29, 1.82) is 0 Å². The second-order valence-electron chi connectivity index (χ2n) is 9.85. The number of alkyl halides is 3. The summed E-state index contributed by atoms with van der Waals surface area (Å²) in [5, 5.41) is 0. The number of fused-ring (bicyclic) bond motifs is 2. The minimum absolute atomic E-state index is 0.0445. The molecule has 0 saturated heterocycles. The van der Waals surface area contributed by atoms with Crippen LogP contribution < -0.4 is 5.73 Å². The van der Waals surface area contributed by atoms with E-state index in [0.29, 0.717) is 12.8 Å². The highest BCUT2D eigenvalue weighted by Gasteiger charge is 2.65. The average molecular weight is 578 g/mol. The number of carbonyl (C=O) groups is 2. The van der Waals surface area contributed by atoms with Gasteiger partial charge < -0.3 is 20.2 Å². The first-order valence-electron chi connectivity index (χ1n) is 12.3. The van der Waals surface area contributed by atoms with E-state index in [1.807, 2.05) is 55.6 Å². The van der Waals surface area contributed by atoms with Crippen molar-refractivity contribution in [2.24, 2.45) is 11.7 Å². The van der Waals surface area contributed by atoms with Crippen molar-refractivity contribution < 1.29 is 19.1 Å². The van der Waals surface area contributed by atoms with Crippen LogP contribution in [-0.4, -0.2) is 34.9 Å². The first kappa shape index (κ1) is 28.3. The molecule has 3 atom stereocenters. The first-order chi connectivity index (χ1) is 18.1. The monoisotopic (exact) mass is 576 g/mol. The highest BCUT2D eigenvalue weighted by Crippen LogP contribution is 2.67. The molecule has 9 heteroatoms. The van der Waals surface area contributed by atoms with Gasteiger partial charge in [0, 0.05) is 28.6 Å². The molecule has 38 heavy (non-hydrogen) atoms. The number of nitrogens with two attached hydrogens (primary N) is 1. The molecule has 0 aliphatic heterocycles. The number of halogens is 3. The number of nitrogens with one attached hydrogen (secondary N) is 1. The maximum absolute atomic E-state index is 13.1. The van der Waals surface area contributed by atoms with Gasteiger partial charge in [-0.3, -0.25) is 9.59 Å². The standard InChI is InChI=1S/C29H31Cl3N2O4/c1-4-18-14-28(17-24(36)38-3,22-11-13-34-25(18)22)26(29(30,31)32)27(16-23(35)37-2)15-19(8-7-12-33)20-9-5-6-10-21(20)27/h4-13,26,34H,14-17,33H2,1-3H3/b12-7-,18-4+,19-8+. The molecule has 6 nitrogen and oxygen atoms in total. The van der Waals surface area contributed by atoms with E-state index < -0.39 is 32.5 Å². The highest BCUT2D eigenvalue weighted by molar-refractivity contribution is 6.68. The Labute approximate surface area is 237 Å². The molecular weight excluding hydrogens is 547 g/mol. The lowest BCUT2D eigenvalue weighted by Gasteiger charge is -2.51. The Hall–Kier alpha value is -2.67.